The maximum Gasteiger partial charge on any atom is 0.120 e. The van der Waals surface area contributed by atoms with Gasteiger partial charge in [-0.3, -0.25) is 0 Å². The van der Waals surface area contributed by atoms with E-state index in [-0.39, 0.29) is 1.43 Å². The van der Waals surface area contributed by atoms with E-state index in [2.05, 4.69) is 5.73 Å². The largest absolute Gasteiger partial charge is 0.333 e. The molecule has 2 N–H and O–H groups in total. The molecule has 0 aromatic heterocycles. The number of hydrogen-bond acceptors (Lipinski definition) is 2. The summed E-state index contributed by atoms with van der Waals surface area (Å²) < 4.78 is 13.1. The van der Waals surface area contributed by atoms with Crippen LogP contribution in [0.4, 0.5) is 4.39 Å². The van der Waals surface area contributed by atoms with E-state index in [0.29, 0.717) is 6.54 Å². The van der Waals surface area contributed by atoms with Crippen LogP contribution in [0.1, 0.15) is 21.2 Å². The Balaban J connectivity index is 0. The number of nitrogens with two attached hydrogens (primary N) is 1. The van der Waals surface area contributed by atoms with Gasteiger partial charge in [-0.2, -0.15) is 0 Å². The maximum absolute atomic E-state index is 13.1. The molecular weight excluding hydrogens is 143 g/mol. The zero-order valence-corrected chi connectivity index (χ0v) is 7.73. The van der Waals surface area contributed by atoms with Crippen LogP contribution >= 0.6 is 0 Å². The second kappa shape index (κ2) is 4.67. The molecule has 0 aromatic rings. The van der Waals surface area contributed by atoms with Crippen LogP contribution in [0.5, 0.6) is 0 Å². The number of likely N-dealkylation sites (tertiary alicyclic amines) is 1. The first-order chi connectivity index (χ1) is 5.10. The summed E-state index contributed by atoms with van der Waals surface area (Å²) in [5, 5.41) is 0. The lowest BCUT2D eigenvalue weighted by molar-refractivity contribution is 0.0758. The lowest BCUT2D eigenvalue weighted by Gasteiger charge is -2.32. The third-order valence-electron chi connectivity index (χ3n) is 1.84. The van der Waals surface area contributed by atoms with Gasteiger partial charge in [-0.05, 0) is 40.4 Å². The van der Waals surface area contributed by atoms with E-state index >= 15 is 0 Å². The van der Waals surface area contributed by atoms with Gasteiger partial charge < -0.3 is 10.6 Å². The Bertz CT molecular complexity index is 109. The number of alkyl halides is 1. The van der Waals surface area contributed by atoms with Gasteiger partial charge >= 0.3 is 0 Å². The molecule has 1 saturated heterocycles. The first kappa shape index (κ1) is 10.8. The average molecular weight is 164 g/mol. The van der Waals surface area contributed by atoms with Gasteiger partial charge in [0.05, 0.1) is 0 Å². The molecule has 0 saturated carbocycles. The topological polar surface area (TPSA) is 29.3 Å². The van der Waals surface area contributed by atoms with Crippen LogP contribution in [0.15, 0.2) is 0 Å². The first-order valence-corrected chi connectivity index (χ1v) is 4.05. The number of rotatable bonds is 0. The molecule has 1 aliphatic heterocycles. The Morgan fingerprint density at radius 3 is 2.36 bits per heavy atom. The summed E-state index contributed by atoms with van der Waals surface area (Å²) in [6.45, 7) is 3.34. The molecule has 0 spiro atoms. The minimum absolute atomic E-state index is 0. The summed E-state index contributed by atoms with van der Waals surface area (Å²) in [6.07, 6.45) is 1.74. The summed E-state index contributed by atoms with van der Waals surface area (Å²) in [5.41, 5.74) is 3.58. The highest BCUT2D eigenvalue weighted by Crippen LogP contribution is 2.22. The number of hydrogen-bond donors (Lipinski definition) is 1. The van der Waals surface area contributed by atoms with Crippen molar-refractivity contribution < 1.29 is 5.82 Å². The second-order valence-corrected chi connectivity index (χ2v) is 3.25. The lowest BCUT2D eigenvalue weighted by Crippen LogP contribution is -2.40. The quantitative estimate of drug-likeness (QED) is 0.584. The molecule has 2 nitrogen and oxygen atoms in total. The van der Waals surface area contributed by atoms with E-state index in [0.717, 1.165) is 19.4 Å². The number of nitrogens with zero attached hydrogens (tertiary/aromatic N) is 1. The van der Waals surface area contributed by atoms with Gasteiger partial charge in [0.2, 0.25) is 0 Å². The predicted molar refractivity (Wildman–Crippen MR) is 48.5 cm³/mol. The third-order valence-corrected chi connectivity index (χ3v) is 1.84. The van der Waals surface area contributed by atoms with Gasteiger partial charge in [-0.15, -0.1) is 0 Å². The second-order valence-electron chi connectivity index (χ2n) is 3.25. The summed E-state index contributed by atoms with van der Waals surface area (Å²) in [4.78, 5) is 2.05. The van der Waals surface area contributed by atoms with Gasteiger partial charge in [0, 0.05) is 7.97 Å². The smallest absolute Gasteiger partial charge is 0.120 e. The van der Waals surface area contributed by atoms with Crippen molar-refractivity contribution in [1.29, 1.82) is 0 Å². The Kier molecular flexibility index (Phi) is 4.61. The fourth-order valence-electron chi connectivity index (χ4n) is 1.44. The highest BCUT2D eigenvalue weighted by atomic mass is 19.1. The van der Waals surface area contributed by atoms with Crippen LogP contribution in [0, 0.1) is 0 Å². The number of halogens is 1. The van der Waals surface area contributed by atoms with E-state index in [1.54, 1.807) is 6.92 Å². The van der Waals surface area contributed by atoms with E-state index in [4.69, 9.17) is 0 Å². The van der Waals surface area contributed by atoms with Gasteiger partial charge in [0.15, 0.2) is 0 Å². The van der Waals surface area contributed by atoms with Crippen molar-refractivity contribution in [1.82, 2.24) is 4.90 Å². The molecule has 3 heteroatoms. The molecule has 1 atom stereocenters. The van der Waals surface area contributed by atoms with E-state index in [1.807, 2.05) is 11.9 Å². The molecule has 1 unspecified atom stereocenters. The van der Waals surface area contributed by atoms with Crippen LogP contribution in [0.25, 0.3) is 0 Å². The van der Waals surface area contributed by atoms with Crippen molar-refractivity contribution in [2.24, 2.45) is 5.73 Å². The molecule has 0 bridgehead atoms. The molecule has 1 aliphatic rings. The standard InChI is InChI=1S/C7H14FN.CH5N.H2/c1-7(8)4-3-5-9(2)6-7;1-2;/h3-6H2,1-2H3;2H2,1H3;1H. The van der Waals surface area contributed by atoms with Gasteiger partial charge in [-0.1, -0.05) is 0 Å². The Hall–Kier alpha value is -0.150. The molecule has 11 heavy (non-hydrogen) atoms. The molecule has 70 valence electrons. The van der Waals surface area contributed by atoms with Crippen molar-refractivity contribution >= 4 is 0 Å². The van der Waals surface area contributed by atoms with Gasteiger partial charge in [0.1, 0.15) is 5.67 Å². The Labute approximate surface area is 70.0 Å². The molecule has 1 heterocycles. The number of piperidine rings is 1. The summed E-state index contributed by atoms with van der Waals surface area (Å²) in [7, 11) is 3.47. The Morgan fingerprint density at radius 1 is 1.55 bits per heavy atom. The maximum atomic E-state index is 13.1. The normalized spacial score (nSPS) is 32.5. The minimum Gasteiger partial charge on any atom is -0.333 e. The lowest BCUT2D eigenvalue weighted by atomic mass is 9.98. The highest BCUT2D eigenvalue weighted by molar-refractivity contribution is 4.81. The molecule has 0 aromatic carbocycles. The molecule has 0 aliphatic carbocycles. The predicted octanol–water partition coefficient (Wildman–Crippen LogP) is 1.26. The SMILES string of the molecule is CN.CN1CCCC(C)(F)C1.[HH]. The van der Waals surface area contributed by atoms with Gasteiger partial charge in [-0.25, -0.2) is 4.39 Å². The van der Waals surface area contributed by atoms with E-state index in [1.165, 1.54) is 7.05 Å². The average Bonchev–Trinajstić information content (AvgIpc) is 1.89. The summed E-state index contributed by atoms with van der Waals surface area (Å²) >= 11 is 0. The van der Waals surface area contributed by atoms with Crippen molar-refractivity contribution in [2.75, 3.05) is 27.2 Å². The van der Waals surface area contributed by atoms with Crippen molar-refractivity contribution in [2.45, 2.75) is 25.4 Å². The summed E-state index contributed by atoms with van der Waals surface area (Å²) in [5.74, 6) is 0. The van der Waals surface area contributed by atoms with Crippen molar-refractivity contribution in [3.63, 3.8) is 0 Å². The summed E-state index contributed by atoms with van der Waals surface area (Å²) in [6, 6.07) is 0. The molecule has 1 rings (SSSR count). The van der Waals surface area contributed by atoms with Crippen LogP contribution in [0.3, 0.4) is 0 Å². The van der Waals surface area contributed by atoms with Crippen LogP contribution in [-0.2, 0) is 0 Å². The van der Waals surface area contributed by atoms with Crippen molar-refractivity contribution in [3.05, 3.63) is 0 Å². The van der Waals surface area contributed by atoms with E-state index in [9.17, 15) is 4.39 Å². The fourth-order valence-corrected chi connectivity index (χ4v) is 1.44. The van der Waals surface area contributed by atoms with Crippen LogP contribution < -0.4 is 5.73 Å². The molecular formula is C8H21FN2. The van der Waals surface area contributed by atoms with Crippen LogP contribution in [0.2, 0.25) is 0 Å². The molecule has 0 amide bonds. The van der Waals surface area contributed by atoms with Gasteiger partial charge in [0.25, 0.3) is 0 Å². The highest BCUT2D eigenvalue weighted by Gasteiger charge is 2.28. The minimum atomic E-state index is -0.924. The van der Waals surface area contributed by atoms with Crippen molar-refractivity contribution in [3.8, 4) is 0 Å². The first-order valence-electron chi connectivity index (χ1n) is 4.05. The Morgan fingerprint density at radius 2 is 2.09 bits per heavy atom. The third kappa shape index (κ3) is 4.32. The molecule has 0 radical (unpaired) electrons. The zero-order valence-electron chi connectivity index (χ0n) is 7.73. The molecule has 1 fully saturated rings. The monoisotopic (exact) mass is 164 g/mol. The van der Waals surface area contributed by atoms with E-state index < -0.39 is 5.67 Å². The zero-order chi connectivity index (χ0) is 8.91. The fraction of sp³-hybridized carbons (Fsp3) is 1.00. The van der Waals surface area contributed by atoms with Crippen LogP contribution in [-0.4, -0.2) is 37.8 Å².